The molecule has 0 atom stereocenters. The Morgan fingerprint density at radius 1 is 1.33 bits per heavy atom. The minimum atomic E-state index is -0.966. The van der Waals surface area contributed by atoms with Crippen LogP contribution in [0.1, 0.15) is 34.1 Å². The molecule has 1 saturated heterocycles. The Morgan fingerprint density at radius 2 is 1.95 bits per heavy atom. The van der Waals surface area contributed by atoms with Gasteiger partial charge in [-0.3, -0.25) is 4.79 Å². The van der Waals surface area contributed by atoms with Crippen LogP contribution in [0.3, 0.4) is 0 Å². The van der Waals surface area contributed by atoms with E-state index in [0.717, 1.165) is 0 Å². The monoisotopic (exact) mass is 299 g/mol. The molecule has 1 fully saturated rings. The van der Waals surface area contributed by atoms with Crippen LogP contribution in [0.15, 0.2) is 11.3 Å². The first kappa shape index (κ1) is 17.0. The van der Waals surface area contributed by atoms with Crippen molar-refractivity contribution < 1.29 is 29.0 Å². The summed E-state index contributed by atoms with van der Waals surface area (Å²) in [7, 11) is 0. The van der Waals surface area contributed by atoms with Gasteiger partial charge < -0.3 is 19.5 Å². The normalized spacial score (nSPS) is 18.3. The molecule has 1 amide bonds. The van der Waals surface area contributed by atoms with Crippen molar-refractivity contribution in [3.05, 3.63) is 11.3 Å². The third-order valence-electron chi connectivity index (χ3n) is 2.70. The zero-order chi connectivity index (χ0) is 16.2. The average Bonchev–Trinajstić information content (AvgIpc) is 2.36. The number of esters is 1. The molecule has 7 heteroatoms. The number of hydrogen-bond donors (Lipinski definition) is 1. The van der Waals surface area contributed by atoms with Crippen molar-refractivity contribution in [1.29, 1.82) is 0 Å². The van der Waals surface area contributed by atoms with Gasteiger partial charge in [-0.05, 0) is 27.7 Å². The summed E-state index contributed by atoms with van der Waals surface area (Å²) in [6.45, 7) is 6.88. The summed E-state index contributed by atoms with van der Waals surface area (Å²) in [6.07, 6.45) is -0.568. The van der Waals surface area contributed by atoms with Crippen molar-refractivity contribution in [3.8, 4) is 0 Å². The van der Waals surface area contributed by atoms with Crippen LogP contribution in [0.25, 0.3) is 0 Å². The molecule has 0 unspecified atom stereocenters. The van der Waals surface area contributed by atoms with Gasteiger partial charge in [0.25, 0.3) is 0 Å². The van der Waals surface area contributed by atoms with Gasteiger partial charge in [0.15, 0.2) is 5.78 Å². The van der Waals surface area contributed by atoms with E-state index >= 15 is 0 Å². The second-order valence-electron chi connectivity index (χ2n) is 5.62. The number of amides is 1. The van der Waals surface area contributed by atoms with Gasteiger partial charge in [0.2, 0.25) is 5.76 Å². The largest absolute Gasteiger partial charge is 0.501 e. The number of hydrogen-bond acceptors (Lipinski definition) is 6. The first-order chi connectivity index (χ1) is 9.65. The highest BCUT2D eigenvalue weighted by molar-refractivity contribution is 6.04. The van der Waals surface area contributed by atoms with Crippen LogP contribution >= 0.6 is 0 Å². The smallest absolute Gasteiger partial charge is 0.410 e. The van der Waals surface area contributed by atoms with Crippen molar-refractivity contribution in [2.75, 3.05) is 19.7 Å². The van der Waals surface area contributed by atoms with E-state index in [0.29, 0.717) is 0 Å². The Bertz CT molecular complexity index is 474. The molecule has 118 valence electrons. The Morgan fingerprint density at radius 3 is 2.48 bits per heavy atom. The van der Waals surface area contributed by atoms with Crippen LogP contribution in [0.5, 0.6) is 0 Å². The molecule has 1 N–H and O–H groups in total. The molecular formula is C14H21NO6. The van der Waals surface area contributed by atoms with Crippen molar-refractivity contribution in [2.24, 2.45) is 0 Å². The molecule has 1 heterocycles. The second kappa shape index (κ2) is 6.60. The van der Waals surface area contributed by atoms with Gasteiger partial charge in [-0.15, -0.1) is 0 Å². The number of piperidine rings is 1. The maximum atomic E-state index is 12.0. The number of likely N-dealkylation sites (tertiary alicyclic amines) is 1. The van der Waals surface area contributed by atoms with Crippen molar-refractivity contribution in [2.45, 2.75) is 39.7 Å². The zero-order valence-electron chi connectivity index (χ0n) is 12.8. The number of aliphatic hydroxyl groups is 1. The molecule has 1 aliphatic rings. The van der Waals surface area contributed by atoms with E-state index in [2.05, 4.69) is 4.74 Å². The number of nitrogens with zero attached hydrogens (tertiary/aromatic N) is 1. The summed E-state index contributed by atoms with van der Waals surface area (Å²) >= 11 is 0. The van der Waals surface area contributed by atoms with Crippen LogP contribution in [-0.2, 0) is 19.1 Å². The van der Waals surface area contributed by atoms with E-state index in [1.807, 2.05) is 0 Å². The van der Waals surface area contributed by atoms with Gasteiger partial charge in [0.05, 0.1) is 18.7 Å². The summed E-state index contributed by atoms with van der Waals surface area (Å²) in [5, 5.41) is 9.78. The van der Waals surface area contributed by atoms with Gasteiger partial charge in [-0.1, -0.05) is 0 Å². The number of carbonyl (C=O) groups excluding carboxylic acids is 3. The van der Waals surface area contributed by atoms with E-state index in [1.54, 1.807) is 27.7 Å². The van der Waals surface area contributed by atoms with Crippen molar-refractivity contribution in [1.82, 2.24) is 4.90 Å². The lowest BCUT2D eigenvalue weighted by molar-refractivity contribution is -0.142. The maximum Gasteiger partial charge on any atom is 0.410 e. The summed E-state index contributed by atoms with van der Waals surface area (Å²) in [5.41, 5.74) is -0.781. The van der Waals surface area contributed by atoms with Crippen molar-refractivity contribution in [3.63, 3.8) is 0 Å². The Kier molecular flexibility index (Phi) is 5.34. The molecule has 0 aromatic heterocycles. The van der Waals surface area contributed by atoms with Crippen LogP contribution < -0.4 is 0 Å². The quantitative estimate of drug-likeness (QED) is 0.472. The van der Waals surface area contributed by atoms with Crippen LogP contribution in [0.4, 0.5) is 4.79 Å². The average molecular weight is 299 g/mol. The van der Waals surface area contributed by atoms with Crippen molar-refractivity contribution >= 4 is 17.8 Å². The highest BCUT2D eigenvalue weighted by Gasteiger charge is 2.32. The molecule has 7 nitrogen and oxygen atoms in total. The van der Waals surface area contributed by atoms with Gasteiger partial charge in [-0.2, -0.15) is 0 Å². The molecular weight excluding hydrogens is 278 g/mol. The highest BCUT2D eigenvalue weighted by Crippen LogP contribution is 2.19. The third kappa shape index (κ3) is 4.77. The molecule has 0 spiro atoms. The number of Topliss-reactive ketones (excluding diaryl/α,β-unsaturated/α-hetero) is 1. The van der Waals surface area contributed by atoms with Crippen LogP contribution in [0, 0.1) is 0 Å². The second-order valence-corrected chi connectivity index (χ2v) is 5.62. The molecule has 1 rings (SSSR count). The summed E-state index contributed by atoms with van der Waals surface area (Å²) in [4.78, 5) is 36.5. The predicted octanol–water partition coefficient (Wildman–Crippen LogP) is 1.57. The molecule has 0 bridgehead atoms. The number of rotatable bonds is 2. The summed E-state index contributed by atoms with van der Waals surface area (Å²) in [5.74, 6) is -2.08. The molecule has 0 radical (unpaired) electrons. The minimum Gasteiger partial charge on any atom is -0.501 e. The van der Waals surface area contributed by atoms with Gasteiger partial charge >= 0.3 is 12.1 Å². The molecule has 0 aliphatic carbocycles. The Hall–Kier alpha value is -2.05. The van der Waals surface area contributed by atoms with E-state index < -0.39 is 23.4 Å². The SMILES string of the molecule is CCOC(=O)/C(O)=C1\CN(C(=O)OC(C)(C)C)CCC1=O. The fraction of sp³-hybridized carbons (Fsp3) is 0.643. The summed E-state index contributed by atoms with van der Waals surface area (Å²) < 4.78 is 9.85. The highest BCUT2D eigenvalue weighted by atomic mass is 16.6. The molecule has 21 heavy (non-hydrogen) atoms. The fourth-order valence-corrected chi connectivity index (χ4v) is 1.76. The number of carbonyl (C=O) groups is 3. The molecule has 0 saturated carbocycles. The summed E-state index contributed by atoms with van der Waals surface area (Å²) in [6, 6.07) is 0. The molecule has 0 aromatic carbocycles. The zero-order valence-corrected chi connectivity index (χ0v) is 12.8. The van der Waals surface area contributed by atoms with Gasteiger partial charge in [0.1, 0.15) is 5.60 Å². The van der Waals surface area contributed by atoms with Gasteiger partial charge in [-0.25, -0.2) is 9.59 Å². The van der Waals surface area contributed by atoms with Gasteiger partial charge in [0, 0.05) is 13.0 Å². The number of ketones is 1. The Balaban J connectivity index is 2.88. The molecule has 0 aromatic rings. The third-order valence-corrected chi connectivity index (χ3v) is 2.70. The standard InChI is InChI=1S/C14H21NO6/c1-5-20-12(18)11(17)9-8-15(7-6-10(9)16)13(19)21-14(2,3)4/h17H,5-8H2,1-4H3/b11-9-. The maximum absolute atomic E-state index is 12.0. The van der Waals surface area contributed by atoms with E-state index in [4.69, 9.17) is 4.74 Å². The first-order valence-electron chi connectivity index (χ1n) is 6.76. The van der Waals surface area contributed by atoms with E-state index in [-0.39, 0.29) is 37.5 Å². The van der Waals surface area contributed by atoms with E-state index in [1.165, 1.54) is 4.90 Å². The topological polar surface area (TPSA) is 93.1 Å². The molecule has 1 aliphatic heterocycles. The lowest BCUT2D eigenvalue weighted by atomic mass is 10.0. The first-order valence-corrected chi connectivity index (χ1v) is 6.76. The predicted molar refractivity (Wildman–Crippen MR) is 73.7 cm³/mol. The van der Waals surface area contributed by atoms with Crippen LogP contribution in [-0.4, -0.2) is 53.1 Å². The Labute approximate surface area is 123 Å². The fourth-order valence-electron chi connectivity index (χ4n) is 1.76. The number of aliphatic hydroxyl groups excluding tert-OH is 1. The van der Waals surface area contributed by atoms with Crippen LogP contribution in [0.2, 0.25) is 0 Å². The number of ether oxygens (including phenoxy) is 2. The van der Waals surface area contributed by atoms with E-state index in [9.17, 15) is 19.5 Å². The minimum absolute atomic E-state index is 0.0258. The lowest BCUT2D eigenvalue weighted by Gasteiger charge is -2.30. The lowest BCUT2D eigenvalue weighted by Crippen LogP contribution is -2.43.